The predicted octanol–water partition coefficient (Wildman–Crippen LogP) is 2.41. The van der Waals surface area contributed by atoms with E-state index >= 15 is 0 Å². The minimum Gasteiger partial charge on any atom is -0.338 e. The van der Waals surface area contributed by atoms with Gasteiger partial charge in [-0.25, -0.2) is 0 Å². The maximum atomic E-state index is 6.13. The summed E-state index contributed by atoms with van der Waals surface area (Å²) in [6.45, 7) is 3.98. The van der Waals surface area contributed by atoms with Crippen molar-refractivity contribution >= 4 is 21.9 Å². The van der Waals surface area contributed by atoms with Crippen LogP contribution in [0.1, 0.15) is 13.3 Å². The highest BCUT2D eigenvalue weighted by atomic mass is 79.9. The van der Waals surface area contributed by atoms with Crippen LogP contribution >= 0.6 is 15.9 Å². The second kappa shape index (κ2) is 5.54. The number of halogens is 1. The maximum Gasteiger partial charge on any atom is 0.245 e. The van der Waals surface area contributed by atoms with E-state index in [2.05, 4.69) is 42.9 Å². The van der Waals surface area contributed by atoms with E-state index in [-0.39, 0.29) is 6.04 Å². The van der Waals surface area contributed by atoms with Crippen molar-refractivity contribution in [2.75, 3.05) is 18.0 Å². The van der Waals surface area contributed by atoms with Crippen LogP contribution in [0, 0.1) is 5.92 Å². The van der Waals surface area contributed by atoms with Crippen LogP contribution in [0.2, 0.25) is 0 Å². The lowest BCUT2D eigenvalue weighted by molar-refractivity contribution is 0.376. The van der Waals surface area contributed by atoms with E-state index < -0.39 is 0 Å². The number of benzene rings is 1. The smallest absolute Gasteiger partial charge is 0.245 e. The third-order valence-electron chi connectivity index (χ3n) is 3.90. The van der Waals surface area contributed by atoms with Gasteiger partial charge in [-0.05, 0) is 18.4 Å². The number of hydrogen-bond donors (Lipinski definition) is 2. The number of aromatic nitrogens is 3. The number of aromatic amines is 1. The molecule has 2 unspecified atom stereocenters. The van der Waals surface area contributed by atoms with Gasteiger partial charge in [0, 0.05) is 29.2 Å². The molecular formula is C14H18BrN5. The molecule has 2 atom stereocenters. The molecule has 0 bridgehead atoms. The molecule has 0 radical (unpaired) electrons. The van der Waals surface area contributed by atoms with Crippen LogP contribution in [0.4, 0.5) is 5.95 Å². The van der Waals surface area contributed by atoms with Crippen LogP contribution in [0.5, 0.6) is 0 Å². The molecule has 106 valence electrons. The number of piperidine rings is 1. The molecule has 3 rings (SSSR count). The molecule has 5 nitrogen and oxygen atoms in total. The van der Waals surface area contributed by atoms with Crippen molar-refractivity contribution in [2.24, 2.45) is 11.7 Å². The number of nitrogens with zero attached hydrogens (tertiary/aromatic N) is 3. The molecule has 3 N–H and O–H groups in total. The van der Waals surface area contributed by atoms with Crippen molar-refractivity contribution in [3.05, 3.63) is 28.7 Å². The molecule has 0 aliphatic carbocycles. The molecule has 1 aromatic heterocycles. The first-order valence-corrected chi connectivity index (χ1v) is 7.62. The molecule has 20 heavy (non-hydrogen) atoms. The second-order valence-electron chi connectivity index (χ2n) is 5.34. The minimum atomic E-state index is 0.189. The molecule has 1 saturated heterocycles. The molecule has 0 spiro atoms. The number of nitrogens with two attached hydrogens (primary N) is 1. The highest BCUT2D eigenvalue weighted by Crippen LogP contribution is 2.27. The zero-order valence-electron chi connectivity index (χ0n) is 11.4. The molecule has 1 aliphatic heterocycles. The van der Waals surface area contributed by atoms with E-state index in [1.807, 2.05) is 24.3 Å². The number of H-pyrrole nitrogens is 1. The first kappa shape index (κ1) is 13.6. The van der Waals surface area contributed by atoms with Crippen molar-refractivity contribution in [3.8, 4) is 11.4 Å². The fraction of sp³-hybridized carbons (Fsp3) is 0.429. The second-order valence-corrected chi connectivity index (χ2v) is 6.19. The van der Waals surface area contributed by atoms with Crippen LogP contribution in [0.25, 0.3) is 11.4 Å². The lowest BCUT2D eigenvalue weighted by atomic mass is 9.95. The number of anilines is 1. The highest BCUT2D eigenvalue weighted by molar-refractivity contribution is 9.10. The summed E-state index contributed by atoms with van der Waals surface area (Å²) in [5.74, 6) is 2.07. The van der Waals surface area contributed by atoms with Gasteiger partial charge in [0.05, 0.1) is 0 Å². The topological polar surface area (TPSA) is 70.8 Å². The maximum absolute atomic E-state index is 6.13. The van der Waals surface area contributed by atoms with Crippen LogP contribution in [-0.4, -0.2) is 34.3 Å². The van der Waals surface area contributed by atoms with Crippen molar-refractivity contribution in [1.29, 1.82) is 0 Å². The molecule has 2 aromatic rings. The van der Waals surface area contributed by atoms with Crippen LogP contribution in [0.15, 0.2) is 28.7 Å². The largest absolute Gasteiger partial charge is 0.338 e. The third-order valence-corrected chi connectivity index (χ3v) is 4.59. The van der Waals surface area contributed by atoms with Gasteiger partial charge in [-0.3, -0.25) is 5.10 Å². The van der Waals surface area contributed by atoms with Crippen LogP contribution in [-0.2, 0) is 0 Å². The summed E-state index contributed by atoms with van der Waals surface area (Å²) < 4.78 is 1.01. The standard InChI is InChI=1S/C14H18BrN5/c1-9-6-7-20(8-12(9)16)14-17-13(18-19-14)10-4-2-3-5-11(10)15/h2-5,9,12H,6-8,16H2,1H3,(H,17,18,19). The number of rotatable bonds is 2. The van der Waals surface area contributed by atoms with E-state index in [4.69, 9.17) is 5.73 Å². The molecule has 1 aliphatic rings. The van der Waals surface area contributed by atoms with E-state index in [1.54, 1.807) is 0 Å². The molecule has 1 fully saturated rings. The minimum absolute atomic E-state index is 0.189. The molecule has 0 saturated carbocycles. The Morgan fingerprint density at radius 1 is 1.40 bits per heavy atom. The first-order chi connectivity index (χ1) is 9.65. The molecule has 2 heterocycles. The summed E-state index contributed by atoms with van der Waals surface area (Å²) in [6.07, 6.45) is 1.08. The van der Waals surface area contributed by atoms with E-state index in [9.17, 15) is 0 Å². The van der Waals surface area contributed by atoms with Crippen LogP contribution in [0.3, 0.4) is 0 Å². The zero-order chi connectivity index (χ0) is 14.1. The molecule has 6 heteroatoms. The zero-order valence-corrected chi connectivity index (χ0v) is 13.0. The Kier molecular flexibility index (Phi) is 3.76. The van der Waals surface area contributed by atoms with Gasteiger partial charge in [0.15, 0.2) is 5.82 Å². The van der Waals surface area contributed by atoms with Gasteiger partial charge in [-0.2, -0.15) is 4.98 Å². The van der Waals surface area contributed by atoms with Gasteiger partial charge < -0.3 is 10.6 Å². The van der Waals surface area contributed by atoms with Gasteiger partial charge in [0.2, 0.25) is 5.95 Å². The summed E-state index contributed by atoms with van der Waals surface area (Å²) in [5, 5.41) is 7.34. The first-order valence-electron chi connectivity index (χ1n) is 6.83. The summed E-state index contributed by atoms with van der Waals surface area (Å²) in [4.78, 5) is 6.75. The van der Waals surface area contributed by atoms with Crippen molar-refractivity contribution in [1.82, 2.24) is 15.2 Å². The number of hydrogen-bond acceptors (Lipinski definition) is 4. The van der Waals surface area contributed by atoms with Gasteiger partial charge >= 0.3 is 0 Å². The van der Waals surface area contributed by atoms with E-state index in [0.29, 0.717) is 5.92 Å². The van der Waals surface area contributed by atoms with Crippen molar-refractivity contribution < 1.29 is 0 Å². The SMILES string of the molecule is CC1CCN(c2n[nH]c(-c3ccccc3Br)n2)CC1N. The summed E-state index contributed by atoms with van der Waals surface area (Å²) in [6, 6.07) is 8.17. The van der Waals surface area contributed by atoms with Gasteiger partial charge in [-0.1, -0.05) is 41.1 Å². The third kappa shape index (κ3) is 2.58. The fourth-order valence-electron chi connectivity index (χ4n) is 2.45. The van der Waals surface area contributed by atoms with Gasteiger partial charge in [0.25, 0.3) is 0 Å². The Morgan fingerprint density at radius 3 is 2.95 bits per heavy atom. The predicted molar refractivity (Wildman–Crippen MR) is 83.5 cm³/mol. The normalized spacial score (nSPS) is 23.1. The quantitative estimate of drug-likeness (QED) is 0.884. The monoisotopic (exact) mass is 335 g/mol. The van der Waals surface area contributed by atoms with Crippen molar-refractivity contribution in [2.45, 2.75) is 19.4 Å². The molecule has 1 aromatic carbocycles. The van der Waals surface area contributed by atoms with Gasteiger partial charge in [-0.15, -0.1) is 5.10 Å². The summed E-state index contributed by atoms with van der Waals surface area (Å²) in [5.41, 5.74) is 7.15. The van der Waals surface area contributed by atoms with Crippen LogP contribution < -0.4 is 10.6 Å². The molecule has 0 amide bonds. The lowest BCUT2D eigenvalue weighted by Crippen LogP contribution is -2.48. The Bertz CT molecular complexity index is 597. The Labute approximate surface area is 126 Å². The van der Waals surface area contributed by atoms with Gasteiger partial charge in [0.1, 0.15) is 0 Å². The Morgan fingerprint density at radius 2 is 2.20 bits per heavy atom. The van der Waals surface area contributed by atoms with E-state index in [1.165, 1.54) is 0 Å². The summed E-state index contributed by atoms with van der Waals surface area (Å²) >= 11 is 3.53. The summed E-state index contributed by atoms with van der Waals surface area (Å²) in [7, 11) is 0. The van der Waals surface area contributed by atoms with E-state index in [0.717, 1.165) is 41.3 Å². The highest BCUT2D eigenvalue weighted by Gasteiger charge is 2.25. The van der Waals surface area contributed by atoms with Crippen molar-refractivity contribution in [3.63, 3.8) is 0 Å². The average molecular weight is 336 g/mol. The fourth-order valence-corrected chi connectivity index (χ4v) is 2.92. The number of nitrogens with one attached hydrogen (secondary N) is 1. The Hall–Kier alpha value is -1.40. The lowest BCUT2D eigenvalue weighted by Gasteiger charge is -2.34. The molecular weight excluding hydrogens is 318 g/mol. The Balaban J connectivity index is 1.82. The average Bonchev–Trinajstić information content (AvgIpc) is 2.92.